The van der Waals surface area contributed by atoms with Crippen molar-refractivity contribution < 1.29 is 28.6 Å². The van der Waals surface area contributed by atoms with Gasteiger partial charge in [-0.15, -0.1) is 0 Å². The molecule has 0 spiro atoms. The van der Waals surface area contributed by atoms with Gasteiger partial charge >= 0.3 is 17.9 Å². The Morgan fingerprint density at radius 1 is 0.444 bits per heavy atom. The molecule has 2 atom stereocenters. The zero-order chi connectivity index (χ0) is 33.8. The van der Waals surface area contributed by atoms with Gasteiger partial charge in [-0.05, 0) is 105 Å². The number of hydrogen-bond acceptors (Lipinski definition) is 8. The summed E-state index contributed by atoms with van der Waals surface area (Å²) in [6, 6.07) is 0. The van der Waals surface area contributed by atoms with Crippen molar-refractivity contribution in [1.82, 2.24) is 10.6 Å². The SMILES string of the molecule is CC1(C)CC(OC(=O)C2CC(C(=O)OC3CC(C)(C)NC(C)(C)C3)CC(C(=O)OC3CC(C)(C)NC(C)(C)C3)C2)CC(C)(C)C1. The van der Waals surface area contributed by atoms with Crippen LogP contribution < -0.4 is 10.6 Å². The first-order valence-electron chi connectivity index (χ1n) is 17.5. The molecule has 4 rings (SSSR count). The maximum absolute atomic E-state index is 13.8. The second-order valence-corrected chi connectivity index (χ2v) is 19.5. The van der Waals surface area contributed by atoms with E-state index in [-0.39, 0.29) is 69.2 Å². The molecule has 0 radical (unpaired) electrons. The van der Waals surface area contributed by atoms with E-state index in [2.05, 4.69) is 93.7 Å². The number of ether oxygens (including phenoxy) is 3. The molecule has 2 aliphatic carbocycles. The van der Waals surface area contributed by atoms with Crippen LogP contribution in [0.25, 0.3) is 0 Å². The predicted octanol–water partition coefficient (Wildman–Crippen LogP) is 6.87. The first-order chi connectivity index (χ1) is 20.3. The fourth-order valence-electron chi connectivity index (χ4n) is 10.1. The molecule has 0 aromatic rings. The Bertz CT molecular complexity index is 930. The molecule has 2 saturated carbocycles. The number of carbonyl (C=O) groups excluding carboxylic acids is 3. The van der Waals surface area contributed by atoms with Gasteiger partial charge < -0.3 is 24.8 Å². The third kappa shape index (κ3) is 10.2. The van der Waals surface area contributed by atoms with E-state index < -0.39 is 17.8 Å². The Labute approximate surface area is 273 Å². The van der Waals surface area contributed by atoms with Gasteiger partial charge in [0, 0.05) is 47.8 Å². The number of esters is 3. The molecule has 4 fully saturated rings. The molecule has 8 heteroatoms. The van der Waals surface area contributed by atoms with E-state index in [1.165, 1.54) is 0 Å². The minimum atomic E-state index is -0.560. The maximum Gasteiger partial charge on any atom is 0.309 e. The van der Waals surface area contributed by atoms with Crippen molar-refractivity contribution in [2.45, 2.75) is 188 Å². The summed E-state index contributed by atoms with van der Waals surface area (Å²) >= 11 is 0. The van der Waals surface area contributed by atoms with Gasteiger partial charge in [0.2, 0.25) is 0 Å². The fourth-order valence-corrected chi connectivity index (χ4v) is 10.1. The van der Waals surface area contributed by atoms with Crippen LogP contribution in [0.15, 0.2) is 0 Å². The summed E-state index contributed by atoms with van der Waals surface area (Å²) < 4.78 is 18.6. The van der Waals surface area contributed by atoms with Crippen LogP contribution in [0.4, 0.5) is 0 Å². The molecular weight excluding hydrogens is 568 g/mol. The number of hydrogen-bond donors (Lipinski definition) is 2. The average Bonchev–Trinajstić information content (AvgIpc) is 2.77. The van der Waals surface area contributed by atoms with Gasteiger partial charge in [0.25, 0.3) is 0 Å². The normalized spacial score (nSPS) is 32.7. The number of carbonyl (C=O) groups is 3. The molecule has 4 aliphatic rings. The fraction of sp³-hybridized carbons (Fsp3) is 0.919. The summed E-state index contributed by atoms with van der Waals surface area (Å²) in [7, 11) is 0. The van der Waals surface area contributed by atoms with Gasteiger partial charge in [0.1, 0.15) is 18.3 Å². The zero-order valence-corrected chi connectivity index (χ0v) is 30.5. The molecule has 8 nitrogen and oxygen atoms in total. The van der Waals surface area contributed by atoms with Crippen LogP contribution in [-0.4, -0.2) is 58.4 Å². The molecule has 0 amide bonds. The number of piperidine rings is 2. The topological polar surface area (TPSA) is 103 Å². The van der Waals surface area contributed by atoms with Crippen molar-refractivity contribution in [3.05, 3.63) is 0 Å². The Kier molecular flexibility index (Phi) is 9.98. The van der Waals surface area contributed by atoms with Crippen LogP contribution in [0.2, 0.25) is 0 Å². The molecular formula is C37H64N2O6. The van der Waals surface area contributed by atoms with Gasteiger partial charge in [0.15, 0.2) is 0 Å². The summed E-state index contributed by atoms with van der Waals surface area (Å²) in [6.07, 6.45) is 5.92. The van der Waals surface area contributed by atoms with E-state index in [9.17, 15) is 14.4 Å². The van der Waals surface area contributed by atoms with Gasteiger partial charge in [-0.3, -0.25) is 14.4 Å². The standard InChI is InChI=1S/C37H64N2O6/c1-32(2)16-26(17-33(3,4)22-32)43-29(40)23-13-24(30(41)44-27-18-34(5,6)38-35(7,8)19-27)15-25(14-23)31(42)45-28-20-36(9,10)39-37(11,12)21-28/h23-28,38-39H,13-22H2,1-12H3. The molecule has 2 N–H and O–H groups in total. The highest BCUT2D eigenvalue weighted by atomic mass is 16.6. The molecule has 2 aliphatic heterocycles. The second-order valence-electron chi connectivity index (χ2n) is 19.5. The summed E-state index contributed by atoms with van der Waals surface area (Å²) in [5, 5.41) is 7.28. The van der Waals surface area contributed by atoms with Crippen LogP contribution in [0, 0.1) is 28.6 Å². The van der Waals surface area contributed by atoms with Crippen LogP contribution in [0.1, 0.15) is 147 Å². The van der Waals surface area contributed by atoms with Crippen molar-refractivity contribution >= 4 is 17.9 Å². The molecule has 2 heterocycles. The zero-order valence-electron chi connectivity index (χ0n) is 30.5. The number of rotatable bonds is 6. The van der Waals surface area contributed by atoms with E-state index in [0.29, 0.717) is 44.9 Å². The Hall–Kier alpha value is -1.67. The van der Waals surface area contributed by atoms with E-state index in [1.807, 2.05) is 0 Å². The summed E-state index contributed by atoms with van der Waals surface area (Å²) in [4.78, 5) is 41.4. The van der Waals surface area contributed by atoms with E-state index in [4.69, 9.17) is 14.2 Å². The molecule has 258 valence electrons. The molecule has 2 saturated heterocycles. The van der Waals surface area contributed by atoms with Gasteiger partial charge in [-0.2, -0.15) is 0 Å². The largest absolute Gasteiger partial charge is 0.462 e. The maximum atomic E-state index is 13.8. The second kappa shape index (κ2) is 12.4. The van der Waals surface area contributed by atoms with E-state index in [0.717, 1.165) is 19.3 Å². The highest BCUT2D eigenvalue weighted by Crippen LogP contribution is 2.47. The van der Waals surface area contributed by atoms with Crippen LogP contribution in [-0.2, 0) is 28.6 Å². The summed E-state index contributed by atoms with van der Waals surface area (Å²) in [6.45, 7) is 26.0. The molecule has 0 bridgehead atoms. The van der Waals surface area contributed by atoms with Gasteiger partial charge in [0.05, 0.1) is 17.8 Å². The monoisotopic (exact) mass is 632 g/mol. The third-order valence-electron chi connectivity index (χ3n) is 10.4. The first kappa shape index (κ1) is 36.2. The van der Waals surface area contributed by atoms with Gasteiger partial charge in [-0.25, -0.2) is 0 Å². The molecule has 45 heavy (non-hydrogen) atoms. The highest BCUT2D eigenvalue weighted by Gasteiger charge is 2.47. The lowest BCUT2D eigenvalue weighted by atomic mass is 9.64. The lowest BCUT2D eigenvalue weighted by Gasteiger charge is -2.46. The minimum absolute atomic E-state index is 0.0742. The lowest BCUT2D eigenvalue weighted by Crippen LogP contribution is -2.60. The van der Waals surface area contributed by atoms with Crippen molar-refractivity contribution in [3.63, 3.8) is 0 Å². The smallest absolute Gasteiger partial charge is 0.309 e. The summed E-state index contributed by atoms with van der Waals surface area (Å²) in [5.74, 6) is -2.59. The van der Waals surface area contributed by atoms with Crippen LogP contribution in [0.3, 0.4) is 0 Å². The van der Waals surface area contributed by atoms with Crippen LogP contribution in [0.5, 0.6) is 0 Å². The first-order valence-corrected chi connectivity index (χ1v) is 17.5. The third-order valence-corrected chi connectivity index (χ3v) is 10.4. The lowest BCUT2D eigenvalue weighted by molar-refractivity contribution is -0.171. The quantitative estimate of drug-likeness (QED) is 0.242. The van der Waals surface area contributed by atoms with Crippen molar-refractivity contribution in [2.24, 2.45) is 28.6 Å². The Balaban J connectivity index is 1.50. The number of nitrogens with one attached hydrogen (secondary N) is 2. The molecule has 0 aromatic heterocycles. The Morgan fingerprint density at radius 3 is 0.956 bits per heavy atom. The highest BCUT2D eigenvalue weighted by molar-refractivity contribution is 5.80. The average molecular weight is 633 g/mol. The van der Waals surface area contributed by atoms with Crippen molar-refractivity contribution in [1.29, 1.82) is 0 Å². The van der Waals surface area contributed by atoms with Crippen molar-refractivity contribution in [2.75, 3.05) is 0 Å². The van der Waals surface area contributed by atoms with Gasteiger partial charge in [-0.1, -0.05) is 27.7 Å². The predicted molar refractivity (Wildman–Crippen MR) is 176 cm³/mol. The minimum Gasteiger partial charge on any atom is -0.462 e. The van der Waals surface area contributed by atoms with Crippen LogP contribution >= 0.6 is 0 Å². The molecule has 2 unspecified atom stereocenters. The van der Waals surface area contributed by atoms with E-state index >= 15 is 0 Å². The van der Waals surface area contributed by atoms with Crippen molar-refractivity contribution in [3.8, 4) is 0 Å². The summed E-state index contributed by atoms with van der Waals surface area (Å²) in [5.41, 5.74) is -0.535. The Morgan fingerprint density at radius 2 is 0.689 bits per heavy atom. The molecule has 0 aromatic carbocycles. The van der Waals surface area contributed by atoms with E-state index in [1.54, 1.807) is 0 Å².